The number of rotatable bonds is 4. The summed E-state index contributed by atoms with van der Waals surface area (Å²) in [6, 6.07) is 5.79. The van der Waals surface area contributed by atoms with Crippen molar-refractivity contribution in [2.45, 2.75) is 25.3 Å². The molecule has 3 rings (SSSR count). The van der Waals surface area contributed by atoms with Gasteiger partial charge in [0, 0.05) is 12.6 Å². The maximum atomic E-state index is 11.6. The Labute approximate surface area is 121 Å². The zero-order chi connectivity index (χ0) is 14.3. The fraction of sp³-hybridized carbons (Fsp3) is 0.357. The Morgan fingerprint density at radius 1 is 1.40 bits per heavy atom. The molecule has 1 N–H and O–H groups in total. The number of halogens is 1. The molecule has 6 heteroatoms. The summed E-state index contributed by atoms with van der Waals surface area (Å²) in [4.78, 5) is 25.1. The van der Waals surface area contributed by atoms with Crippen LogP contribution in [-0.2, 0) is 4.79 Å². The highest BCUT2D eigenvalue weighted by atomic mass is 35.5. The number of anilines is 2. The van der Waals surface area contributed by atoms with Gasteiger partial charge in [0.1, 0.15) is 0 Å². The first kappa shape index (κ1) is 12.9. The van der Waals surface area contributed by atoms with Gasteiger partial charge in [0.25, 0.3) is 11.7 Å². The molecule has 1 saturated carbocycles. The van der Waals surface area contributed by atoms with Crippen LogP contribution in [-0.4, -0.2) is 24.3 Å². The van der Waals surface area contributed by atoms with E-state index in [1.54, 1.807) is 6.07 Å². The number of ketones is 1. The lowest BCUT2D eigenvalue weighted by Gasteiger charge is -2.25. The van der Waals surface area contributed by atoms with Crippen molar-refractivity contribution >= 4 is 34.7 Å². The van der Waals surface area contributed by atoms with Gasteiger partial charge in [-0.25, -0.2) is 0 Å². The average Bonchev–Trinajstić information content (AvgIpc) is 3.21. The van der Waals surface area contributed by atoms with Crippen LogP contribution in [0, 0.1) is 11.3 Å². The first-order valence-corrected chi connectivity index (χ1v) is 6.82. The second-order valence-corrected chi connectivity index (χ2v) is 5.37. The number of Topliss-reactive ketones (excluding diaryl/α,β-unsaturated/α-hetero) is 1. The van der Waals surface area contributed by atoms with Gasteiger partial charge < -0.3 is 10.2 Å². The fourth-order valence-corrected chi connectivity index (χ4v) is 2.70. The van der Waals surface area contributed by atoms with Crippen LogP contribution in [0.5, 0.6) is 0 Å². The summed E-state index contributed by atoms with van der Waals surface area (Å²) in [5.74, 6) is -1.17. The molecule has 102 valence electrons. The van der Waals surface area contributed by atoms with E-state index in [-0.39, 0.29) is 0 Å². The minimum absolute atomic E-state index is 0.319. The van der Waals surface area contributed by atoms with Gasteiger partial charge in [0.05, 0.1) is 34.5 Å². The third-order valence-corrected chi connectivity index (χ3v) is 3.85. The molecule has 0 spiro atoms. The number of fused-ring (bicyclic) bond motifs is 1. The van der Waals surface area contributed by atoms with Gasteiger partial charge in [-0.1, -0.05) is 11.6 Å². The van der Waals surface area contributed by atoms with Crippen LogP contribution in [0.25, 0.3) is 0 Å². The van der Waals surface area contributed by atoms with E-state index in [0.717, 1.165) is 18.5 Å². The van der Waals surface area contributed by atoms with Crippen molar-refractivity contribution in [2.24, 2.45) is 0 Å². The van der Waals surface area contributed by atoms with E-state index in [1.807, 2.05) is 0 Å². The largest absolute Gasteiger partial charge is 0.366 e. The summed E-state index contributed by atoms with van der Waals surface area (Å²) in [6.45, 7) is 0.599. The quantitative estimate of drug-likeness (QED) is 0.864. The molecule has 1 aromatic carbocycles. The number of nitrogens with zero attached hydrogens (tertiary/aromatic N) is 2. The first-order valence-electron chi connectivity index (χ1n) is 6.44. The van der Waals surface area contributed by atoms with Crippen molar-refractivity contribution < 1.29 is 9.59 Å². The topological polar surface area (TPSA) is 73.2 Å². The van der Waals surface area contributed by atoms with Crippen LogP contribution >= 0.6 is 11.6 Å². The van der Waals surface area contributed by atoms with Crippen LogP contribution in [0.2, 0.25) is 5.02 Å². The molecule has 1 fully saturated rings. The maximum Gasteiger partial charge on any atom is 0.296 e. The number of hydrogen-bond acceptors (Lipinski definition) is 4. The minimum atomic E-state index is -0.622. The van der Waals surface area contributed by atoms with Crippen molar-refractivity contribution in [1.82, 2.24) is 0 Å². The lowest BCUT2D eigenvalue weighted by Crippen LogP contribution is -2.27. The maximum absolute atomic E-state index is 11.6. The van der Waals surface area contributed by atoms with E-state index in [2.05, 4.69) is 16.3 Å². The van der Waals surface area contributed by atoms with Crippen LogP contribution < -0.4 is 10.2 Å². The molecule has 1 heterocycles. The molecule has 20 heavy (non-hydrogen) atoms. The Kier molecular flexibility index (Phi) is 3.11. The number of amides is 1. The summed E-state index contributed by atoms with van der Waals surface area (Å²) in [6.07, 6.45) is 2.56. The normalized spacial score (nSPS) is 16.6. The molecule has 1 aliphatic carbocycles. The summed E-state index contributed by atoms with van der Waals surface area (Å²) < 4.78 is 0. The SMILES string of the molecule is N#CCCN(c1cc2c(cc1Cl)C(=O)C(=O)N2)C1CC1. The highest BCUT2D eigenvalue weighted by Crippen LogP contribution is 2.40. The number of nitriles is 1. The van der Waals surface area contributed by atoms with Gasteiger partial charge in [-0.05, 0) is 25.0 Å². The molecule has 5 nitrogen and oxygen atoms in total. The number of nitrogens with one attached hydrogen (secondary N) is 1. The van der Waals surface area contributed by atoms with E-state index < -0.39 is 11.7 Å². The second-order valence-electron chi connectivity index (χ2n) is 4.97. The third kappa shape index (κ3) is 2.12. The molecule has 2 aliphatic rings. The lowest BCUT2D eigenvalue weighted by atomic mass is 10.1. The summed E-state index contributed by atoms with van der Waals surface area (Å²) in [5.41, 5.74) is 1.60. The Balaban J connectivity index is 1.98. The second kappa shape index (κ2) is 4.80. The van der Waals surface area contributed by atoms with Gasteiger partial charge in [-0.15, -0.1) is 0 Å². The molecule has 0 aromatic heterocycles. The summed E-state index contributed by atoms with van der Waals surface area (Å²) >= 11 is 6.25. The van der Waals surface area contributed by atoms with Crippen molar-refractivity contribution in [3.63, 3.8) is 0 Å². The highest BCUT2D eigenvalue weighted by Gasteiger charge is 2.33. The molecular weight excluding hydrogens is 278 g/mol. The van der Waals surface area contributed by atoms with E-state index in [1.165, 1.54) is 6.07 Å². The van der Waals surface area contributed by atoms with Crippen molar-refractivity contribution in [3.8, 4) is 6.07 Å². The highest BCUT2D eigenvalue weighted by molar-refractivity contribution is 6.52. The zero-order valence-electron chi connectivity index (χ0n) is 10.6. The van der Waals surface area contributed by atoms with E-state index in [4.69, 9.17) is 16.9 Å². The van der Waals surface area contributed by atoms with Gasteiger partial charge in [-0.2, -0.15) is 5.26 Å². The average molecular weight is 290 g/mol. The van der Waals surface area contributed by atoms with Crippen LogP contribution in [0.15, 0.2) is 12.1 Å². The van der Waals surface area contributed by atoms with Crippen LogP contribution in [0.3, 0.4) is 0 Å². The molecule has 0 unspecified atom stereocenters. The Morgan fingerprint density at radius 3 is 2.80 bits per heavy atom. The molecule has 0 bridgehead atoms. The number of benzene rings is 1. The molecule has 1 aromatic rings. The van der Waals surface area contributed by atoms with Crippen LogP contribution in [0.4, 0.5) is 11.4 Å². The van der Waals surface area contributed by atoms with Crippen molar-refractivity contribution in [2.75, 3.05) is 16.8 Å². The van der Waals surface area contributed by atoms with Crippen LogP contribution in [0.1, 0.15) is 29.6 Å². The molecule has 0 atom stereocenters. The number of carbonyl (C=O) groups is 2. The fourth-order valence-electron chi connectivity index (χ4n) is 2.43. The van der Waals surface area contributed by atoms with E-state index in [0.29, 0.717) is 35.3 Å². The Hall–Kier alpha value is -2.06. The molecule has 1 amide bonds. The minimum Gasteiger partial charge on any atom is -0.366 e. The van der Waals surface area contributed by atoms with Gasteiger partial charge in [0.2, 0.25) is 0 Å². The third-order valence-electron chi connectivity index (χ3n) is 3.55. The molecule has 0 saturated heterocycles. The smallest absolute Gasteiger partial charge is 0.296 e. The van der Waals surface area contributed by atoms with Gasteiger partial charge in [-0.3, -0.25) is 9.59 Å². The number of carbonyl (C=O) groups excluding carboxylic acids is 2. The number of hydrogen-bond donors (Lipinski definition) is 1. The summed E-state index contributed by atoms with van der Waals surface area (Å²) in [7, 11) is 0. The van der Waals surface area contributed by atoms with Gasteiger partial charge >= 0.3 is 0 Å². The summed E-state index contributed by atoms with van der Waals surface area (Å²) in [5, 5.41) is 11.7. The lowest BCUT2D eigenvalue weighted by molar-refractivity contribution is -0.112. The van der Waals surface area contributed by atoms with E-state index in [9.17, 15) is 9.59 Å². The molecule has 1 aliphatic heterocycles. The predicted molar refractivity (Wildman–Crippen MR) is 75.0 cm³/mol. The Morgan fingerprint density at radius 2 is 2.15 bits per heavy atom. The van der Waals surface area contributed by atoms with Crippen molar-refractivity contribution in [1.29, 1.82) is 5.26 Å². The standard InChI is InChI=1S/C14H12ClN3O2/c15-10-6-9-11(17-14(20)13(9)19)7-12(10)18(5-1-4-16)8-2-3-8/h6-8H,1-3,5H2,(H,17,19,20). The van der Waals surface area contributed by atoms with Gasteiger partial charge in [0.15, 0.2) is 0 Å². The molecule has 0 radical (unpaired) electrons. The predicted octanol–water partition coefficient (Wildman–Crippen LogP) is 2.36. The Bertz CT molecular complexity index is 647. The monoisotopic (exact) mass is 289 g/mol. The van der Waals surface area contributed by atoms with E-state index >= 15 is 0 Å². The molecular formula is C14H12ClN3O2. The zero-order valence-corrected chi connectivity index (χ0v) is 11.4. The van der Waals surface area contributed by atoms with Crippen molar-refractivity contribution in [3.05, 3.63) is 22.7 Å². The first-order chi connectivity index (χ1) is 9.61.